The van der Waals surface area contributed by atoms with Crippen LogP contribution in [0, 0.1) is 22.7 Å². The van der Waals surface area contributed by atoms with E-state index in [1.165, 1.54) is 4.90 Å². The molecule has 0 N–H and O–H groups in total. The minimum Gasteiger partial charge on any atom is -0.484 e. The Bertz CT molecular complexity index is 741. The molecule has 1 amide bonds. The predicted molar refractivity (Wildman–Crippen MR) is 86.5 cm³/mol. The third-order valence-electron chi connectivity index (χ3n) is 3.42. The van der Waals surface area contributed by atoms with Crippen molar-refractivity contribution in [3.63, 3.8) is 0 Å². The fourth-order valence-corrected chi connectivity index (χ4v) is 2.22. The molecular formula is C18H17N3O2. The van der Waals surface area contributed by atoms with Gasteiger partial charge >= 0.3 is 0 Å². The third kappa shape index (κ3) is 4.72. The van der Waals surface area contributed by atoms with Crippen LogP contribution in [-0.4, -0.2) is 30.5 Å². The van der Waals surface area contributed by atoms with E-state index in [9.17, 15) is 4.79 Å². The molecule has 0 atom stereocenters. The normalized spacial score (nSPS) is 9.83. The highest BCUT2D eigenvalue weighted by Gasteiger charge is 2.13. The van der Waals surface area contributed by atoms with Crippen molar-refractivity contribution in [2.24, 2.45) is 0 Å². The molecule has 0 aromatic heterocycles. The lowest BCUT2D eigenvalue weighted by molar-refractivity contribution is -0.133. The van der Waals surface area contributed by atoms with Crippen molar-refractivity contribution in [2.45, 2.75) is 12.8 Å². The summed E-state index contributed by atoms with van der Waals surface area (Å²) in [6.07, 6.45) is 0.486. The first-order chi connectivity index (χ1) is 11.2. The average Bonchev–Trinajstić information content (AvgIpc) is 2.59. The molecule has 0 bridgehead atoms. The fourth-order valence-electron chi connectivity index (χ4n) is 2.22. The molecule has 23 heavy (non-hydrogen) atoms. The second-order valence-electron chi connectivity index (χ2n) is 4.99. The van der Waals surface area contributed by atoms with Crippen LogP contribution in [0.4, 0.5) is 0 Å². The van der Waals surface area contributed by atoms with Gasteiger partial charge in [0.25, 0.3) is 5.91 Å². The van der Waals surface area contributed by atoms with E-state index in [0.717, 1.165) is 10.8 Å². The van der Waals surface area contributed by atoms with Crippen LogP contribution < -0.4 is 4.74 Å². The molecule has 0 fully saturated rings. The standard InChI is InChI=1S/C18H17N3O2/c19-9-3-11-21(12-4-10-20)18(22)14-23-17-8-7-15-5-1-2-6-16(15)13-17/h1-2,5-8,13H,3-4,11-12,14H2. The van der Waals surface area contributed by atoms with Gasteiger partial charge in [0, 0.05) is 13.1 Å². The summed E-state index contributed by atoms with van der Waals surface area (Å²) < 4.78 is 5.56. The Balaban J connectivity index is 1.97. The van der Waals surface area contributed by atoms with Gasteiger partial charge < -0.3 is 9.64 Å². The molecular weight excluding hydrogens is 290 g/mol. The van der Waals surface area contributed by atoms with Gasteiger partial charge in [0.05, 0.1) is 25.0 Å². The third-order valence-corrected chi connectivity index (χ3v) is 3.42. The van der Waals surface area contributed by atoms with Gasteiger partial charge in [-0.05, 0) is 22.9 Å². The van der Waals surface area contributed by atoms with Gasteiger partial charge in [0.15, 0.2) is 6.61 Å². The number of nitriles is 2. The van der Waals surface area contributed by atoms with E-state index in [1.54, 1.807) is 0 Å². The zero-order valence-corrected chi connectivity index (χ0v) is 12.7. The molecule has 2 rings (SSSR count). The lowest BCUT2D eigenvalue weighted by Crippen LogP contribution is -2.36. The first-order valence-electron chi connectivity index (χ1n) is 7.38. The van der Waals surface area contributed by atoms with Gasteiger partial charge in [-0.3, -0.25) is 4.79 Å². The van der Waals surface area contributed by atoms with Gasteiger partial charge in [-0.25, -0.2) is 0 Å². The molecule has 0 radical (unpaired) electrons. The molecule has 2 aromatic carbocycles. The molecule has 5 nitrogen and oxygen atoms in total. The summed E-state index contributed by atoms with van der Waals surface area (Å²) in [6.45, 7) is 0.533. The van der Waals surface area contributed by atoms with E-state index < -0.39 is 0 Å². The Hall–Kier alpha value is -3.05. The van der Waals surface area contributed by atoms with Crippen molar-refractivity contribution in [1.82, 2.24) is 4.90 Å². The number of nitrogens with zero attached hydrogens (tertiary/aromatic N) is 3. The van der Waals surface area contributed by atoms with Crippen molar-refractivity contribution in [3.05, 3.63) is 42.5 Å². The number of carbonyl (C=O) groups is 1. The number of fused-ring (bicyclic) bond motifs is 1. The number of carbonyl (C=O) groups excluding carboxylic acids is 1. The topological polar surface area (TPSA) is 77.1 Å². The highest BCUT2D eigenvalue weighted by atomic mass is 16.5. The van der Waals surface area contributed by atoms with Gasteiger partial charge in [-0.2, -0.15) is 10.5 Å². The summed E-state index contributed by atoms with van der Waals surface area (Å²) in [7, 11) is 0. The van der Waals surface area contributed by atoms with Crippen molar-refractivity contribution in [3.8, 4) is 17.9 Å². The SMILES string of the molecule is N#CCCN(CCC#N)C(=O)COc1ccc2ccccc2c1. The number of hydrogen-bond donors (Lipinski definition) is 0. The van der Waals surface area contributed by atoms with Crippen LogP contribution in [0.25, 0.3) is 10.8 Å². The number of amides is 1. The van der Waals surface area contributed by atoms with Gasteiger partial charge in [-0.15, -0.1) is 0 Å². The Kier molecular flexibility index (Phi) is 5.97. The molecule has 2 aromatic rings. The molecule has 0 saturated heterocycles. The summed E-state index contributed by atoms with van der Waals surface area (Å²) in [5.74, 6) is 0.404. The van der Waals surface area contributed by atoms with Crippen molar-refractivity contribution in [2.75, 3.05) is 19.7 Å². The Labute approximate surface area is 135 Å². The van der Waals surface area contributed by atoms with Crippen LogP contribution in [0.1, 0.15) is 12.8 Å². The Morgan fingerprint density at radius 1 is 1.00 bits per heavy atom. The van der Waals surface area contributed by atoms with Gasteiger partial charge in [0.1, 0.15) is 5.75 Å². The van der Waals surface area contributed by atoms with E-state index in [4.69, 9.17) is 15.3 Å². The van der Waals surface area contributed by atoms with E-state index in [0.29, 0.717) is 18.8 Å². The summed E-state index contributed by atoms with van der Waals surface area (Å²) in [5.41, 5.74) is 0. The fraction of sp³-hybridized carbons (Fsp3) is 0.278. The highest BCUT2D eigenvalue weighted by Crippen LogP contribution is 2.20. The molecule has 0 spiro atoms. The molecule has 0 saturated carbocycles. The van der Waals surface area contributed by atoms with E-state index in [-0.39, 0.29) is 25.4 Å². The van der Waals surface area contributed by atoms with Crippen molar-refractivity contribution < 1.29 is 9.53 Å². The molecule has 0 aliphatic heterocycles. The largest absolute Gasteiger partial charge is 0.484 e. The van der Waals surface area contributed by atoms with Crippen LogP contribution in [-0.2, 0) is 4.79 Å². The van der Waals surface area contributed by atoms with Crippen molar-refractivity contribution in [1.29, 1.82) is 10.5 Å². The van der Waals surface area contributed by atoms with Crippen LogP contribution in [0.15, 0.2) is 42.5 Å². The molecule has 0 unspecified atom stereocenters. The zero-order chi connectivity index (χ0) is 16.5. The van der Waals surface area contributed by atoms with Crippen LogP contribution in [0.5, 0.6) is 5.75 Å². The van der Waals surface area contributed by atoms with Crippen LogP contribution >= 0.6 is 0 Å². The highest BCUT2D eigenvalue weighted by molar-refractivity contribution is 5.84. The van der Waals surface area contributed by atoms with E-state index in [1.807, 2.05) is 54.6 Å². The zero-order valence-electron chi connectivity index (χ0n) is 12.7. The first kappa shape index (κ1) is 16.3. The first-order valence-corrected chi connectivity index (χ1v) is 7.38. The lowest BCUT2D eigenvalue weighted by atomic mass is 10.1. The molecule has 116 valence electrons. The van der Waals surface area contributed by atoms with E-state index >= 15 is 0 Å². The Morgan fingerprint density at radius 2 is 1.65 bits per heavy atom. The lowest BCUT2D eigenvalue weighted by Gasteiger charge is -2.20. The summed E-state index contributed by atoms with van der Waals surface area (Å²) in [6, 6.07) is 17.6. The number of hydrogen-bond acceptors (Lipinski definition) is 4. The minimum atomic E-state index is -0.219. The number of benzene rings is 2. The molecule has 5 heteroatoms. The summed E-state index contributed by atoms with van der Waals surface area (Å²) in [5, 5.41) is 19.4. The number of ether oxygens (including phenoxy) is 1. The van der Waals surface area contributed by atoms with Crippen LogP contribution in [0.2, 0.25) is 0 Å². The van der Waals surface area contributed by atoms with Gasteiger partial charge in [0.2, 0.25) is 0 Å². The maximum Gasteiger partial charge on any atom is 0.260 e. The maximum absolute atomic E-state index is 12.2. The molecule has 0 aliphatic rings. The number of rotatable bonds is 7. The quantitative estimate of drug-likeness (QED) is 0.788. The second-order valence-corrected chi connectivity index (χ2v) is 4.99. The average molecular weight is 307 g/mol. The molecule has 0 heterocycles. The predicted octanol–water partition coefficient (Wildman–Crippen LogP) is 2.87. The van der Waals surface area contributed by atoms with Crippen molar-refractivity contribution >= 4 is 16.7 Å². The summed E-state index contributed by atoms with van der Waals surface area (Å²) in [4.78, 5) is 13.7. The van der Waals surface area contributed by atoms with Crippen LogP contribution in [0.3, 0.4) is 0 Å². The molecule has 0 aliphatic carbocycles. The summed E-state index contributed by atoms with van der Waals surface area (Å²) >= 11 is 0. The monoisotopic (exact) mass is 307 g/mol. The smallest absolute Gasteiger partial charge is 0.260 e. The second kappa shape index (κ2) is 8.41. The van der Waals surface area contributed by atoms with Gasteiger partial charge in [-0.1, -0.05) is 30.3 Å². The Morgan fingerprint density at radius 3 is 2.30 bits per heavy atom. The maximum atomic E-state index is 12.2. The minimum absolute atomic E-state index is 0.102. The van der Waals surface area contributed by atoms with E-state index in [2.05, 4.69) is 0 Å².